The molecule has 1 aromatic heterocycles. The van der Waals surface area contributed by atoms with E-state index in [2.05, 4.69) is 32.9 Å². The minimum absolute atomic E-state index is 0.0472. The molecule has 11 heteroatoms. The number of nitrogens with one attached hydrogen (secondary N) is 3. The standard InChI is InChI=1S/C27H35ClN6O3S/c1-33(2)27(37)16-5-7-19(30-24(35)21-8-4-15-12-17(28)6-9-18(15)29-21)22(13-16)31-25(36)26-32-20-10-11-34(3)14-23(20)38-26/h6,9,12,16,19,21-22,29H,4-5,7-8,10-11,13-14H2,1-3H3,(H,30,35)(H,31,36)/t16-,19-,21?,22+/m0/s1. The molecule has 3 N–H and O–H groups in total. The van der Waals surface area contributed by atoms with Crippen LogP contribution in [0.25, 0.3) is 0 Å². The van der Waals surface area contributed by atoms with Crippen molar-refractivity contribution in [3.8, 4) is 0 Å². The smallest absolute Gasteiger partial charge is 0.280 e. The van der Waals surface area contributed by atoms with Crippen LogP contribution >= 0.6 is 22.9 Å². The summed E-state index contributed by atoms with van der Waals surface area (Å²) >= 11 is 7.55. The molecule has 0 bridgehead atoms. The van der Waals surface area contributed by atoms with Gasteiger partial charge in [-0.1, -0.05) is 11.6 Å². The lowest BCUT2D eigenvalue weighted by atomic mass is 9.81. The predicted octanol–water partition coefficient (Wildman–Crippen LogP) is 2.68. The highest BCUT2D eigenvalue weighted by molar-refractivity contribution is 7.13. The summed E-state index contributed by atoms with van der Waals surface area (Å²) < 4.78 is 0. The first-order chi connectivity index (χ1) is 18.2. The Kier molecular flexibility index (Phi) is 7.93. The minimum Gasteiger partial charge on any atom is -0.373 e. The molecule has 0 saturated heterocycles. The Bertz CT molecular complexity index is 1230. The highest BCUT2D eigenvalue weighted by Gasteiger charge is 2.38. The van der Waals surface area contributed by atoms with Crippen molar-refractivity contribution in [1.29, 1.82) is 0 Å². The molecule has 4 atom stereocenters. The third kappa shape index (κ3) is 5.82. The molecule has 0 radical (unpaired) electrons. The summed E-state index contributed by atoms with van der Waals surface area (Å²) in [4.78, 5) is 49.0. The minimum atomic E-state index is -0.371. The molecule has 1 aromatic carbocycles. The molecule has 5 rings (SSSR count). The molecule has 1 unspecified atom stereocenters. The van der Waals surface area contributed by atoms with Crippen molar-refractivity contribution < 1.29 is 14.4 Å². The van der Waals surface area contributed by atoms with Gasteiger partial charge in [-0.2, -0.15) is 0 Å². The third-order valence-electron chi connectivity index (χ3n) is 7.82. The topological polar surface area (TPSA) is 107 Å². The second kappa shape index (κ2) is 11.2. The zero-order chi connectivity index (χ0) is 27.0. The van der Waals surface area contributed by atoms with Crippen molar-refractivity contribution >= 4 is 46.3 Å². The summed E-state index contributed by atoms with van der Waals surface area (Å²) in [5, 5.41) is 10.8. The molecule has 1 fully saturated rings. The summed E-state index contributed by atoms with van der Waals surface area (Å²) in [6, 6.07) is 4.64. The van der Waals surface area contributed by atoms with E-state index in [4.69, 9.17) is 11.6 Å². The normalized spacial score (nSPS) is 24.9. The number of halogens is 1. The fourth-order valence-corrected chi connectivity index (χ4v) is 6.98. The first-order valence-corrected chi connectivity index (χ1v) is 14.4. The Morgan fingerprint density at radius 2 is 1.95 bits per heavy atom. The Morgan fingerprint density at radius 1 is 1.13 bits per heavy atom. The number of anilines is 1. The molecule has 2 aromatic rings. The maximum Gasteiger partial charge on any atom is 0.280 e. The number of aryl methyl sites for hydroxylation is 1. The van der Waals surface area contributed by atoms with Gasteiger partial charge in [0.25, 0.3) is 5.91 Å². The van der Waals surface area contributed by atoms with Crippen LogP contribution in [0.2, 0.25) is 5.02 Å². The van der Waals surface area contributed by atoms with Gasteiger partial charge in [0, 0.05) is 61.2 Å². The second-order valence-corrected chi connectivity index (χ2v) is 12.4. The van der Waals surface area contributed by atoms with E-state index in [1.807, 2.05) is 18.2 Å². The Hall–Kier alpha value is -2.69. The van der Waals surface area contributed by atoms with Crippen molar-refractivity contribution in [1.82, 2.24) is 25.4 Å². The number of carbonyl (C=O) groups excluding carboxylic acids is 3. The lowest BCUT2D eigenvalue weighted by Gasteiger charge is -2.38. The fraction of sp³-hybridized carbons (Fsp3) is 0.556. The van der Waals surface area contributed by atoms with E-state index in [9.17, 15) is 14.4 Å². The van der Waals surface area contributed by atoms with Crippen molar-refractivity contribution in [3.05, 3.63) is 44.4 Å². The van der Waals surface area contributed by atoms with Crippen molar-refractivity contribution in [2.75, 3.05) is 33.0 Å². The van der Waals surface area contributed by atoms with Crippen LogP contribution in [0.4, 0.5) is 5.69 Å². The Balaban J connectivity index is 1.29. The molecule has 2 aliphatic heterocycles. The van der Waals surface area contributed by atoms with Crippen molar-refractivity contribution in [2.24, 2.45) is 5.92 Å². The summed E-state index contributed by atoms with van der Waals surface area (Å²) in [5.41, 5.74) is 3.02. The van der Waals surface area contributed by atoms with Crippen LogP contribution in [0.3, 0.4) is 0 Å². The van der Waals surface area contributed by atoms with Crippen molar-refractivity contribution in [3.63, 3.8) is 0 Å². The van der Waals surface area contributed by atoms with Crippen LogP contribution in [-0.2, 0) is 29.0 Å². The van der Waals surface area contributed by atoms with Gasteiger partial charge in [0.15, 0.2) is 5.01 Å². The van der Waals surface area contributed by atoms with Crippen LogP contribution in [0.1, 0.15) is 51.6 Å². The summed E-state index contributed by atoms with van der Waals surface area (Å²) in [6.07, 6.45) is 3.99. The molecule has 3 aliphatic rings. The van der Waals surface area contributed by atoms with Crippen LogP contribution in [-0.4, -0.2) is 78.3 Å². The van der Waals surface area contributed by atoms with Crippen molar-refractivity contribution in [2.45, 2.75) is 63.2 Å². The zero-order valence-corrected chi connectivity index (χ0v) is 23.6. The first-order valence-electron chi connectivity index (χ1n) is 13.2. The maximum absolute atomic E-state index is 13.3. The van der Waals surface area contributed by atoms with Gasteiger partial charge in [0.2, 0.25) is 11.8 Å². The van der Waals surface area contributed by atoms with Crippen LogP contribution in [0, 0.1) is 5.92 Å². The molecule has 1 aliphatic carbocycles. The molecule has 204 valence electrons. The zero-order valence-electron chi connectivity index (χ0n) is 22.1. The number of amides is 3. The number of carbonyl (C=O) groups is 3. The molecule has 3 heterocycles. The molecule has 1 saturated carbocycles. The molecule has 38 heavy (non-hydrogen) atoms. The molecule has 9 nitrogen and oxygen atoms in total. The lowest BCUT2D eigenvalue weighted by Crippen LogP contribution is -2.58. The number of hydrogen-bond acceptors (Lipinski definition) is 7. The lowest BCUT2D eigenvalue weighted by molar-refractivity contribution is -0.134. The van der Waals surface area contributed by atoms with Gasteiger partial charge < -0.3 is 25.8 Å². The van der Waals surface area contributed by atoms with Crippen LogP contribution in [0.15, 0.2) is 18.2 Å². The molecular weight excluding hydrogens is 524 g/mol. The average Bonchev–Trinajstić information content (AvgIpc) is 3.32. The van der Waals surface area contributed by atoms with E-state index >= 15 is 0 Å². The number of rotatable bonds is 5. The number of thiazole rings is 1. The van der Waals surface area contributed by atoms with E-state index in [0.717, 1.165) is 47.8 Å². The highest BCUT2D eigenvalue weighted by Crippen LogP contribution is 2.30. The second-order valence-electron chi connectivity index (χ2n) is 10.9. The van der Waals surface area contributed by atoms with Gasteiger partial charge in [-0.15, -0.1) is 11.3 Å². The summed E-state index contributed by atoms with van der Waals surface area (Å²) in [6.45, 7) is 1.72. The van der Waals surface area contributed by atoms with Crippen LogP contribution < -0.4 is 16.0 Å². The molecule has 3 amide bonds. The van der Waals surface area contributed by atoms with Gasteiger partial charge in [0.1, 0.15) is 6.04 Å². The Labute approximate surface area is 232 Å². The quantitative estimate of drug-likeness (QED) is 0.521. The van der Waals surface area contributed by atoms with Gasteiger partial charge in [-0.25, -0.2) is 4.98 Å². The monoisotopic (exact) mass is 558 g/mol. The van der Waals surface area contributed by atoms with E-state index < -0.39 is 0 Å². The number of hydrogen-bond donors (Lipinski definition) is 3. The number of likely N-dealkylation sites (N-methyl/N-ethyl adjacent to an activating group) is 1. The number of nitrogens with zero attached hydrogens (tertiary/aromatic N) is 3. The first kappa shape index (κ1) is 26.9. The van der Waals surface area contributed by atoms with E-state index in [0.29, 0.717) is 35.7 Å². The third-order valence-corrected chi connectivity index (χ3v) is 9.13. The number of benzene rings is 1. The van der Waals surface area contributed by atoms with E-state index in [-0.39, 0.29) is 41.8 Å². The fourth-order valence-electron chi connectivity index (χ4n) is 5.69. The largest absolute Gasteiger partial charge is 0.373 e. The predicted molar refractivity (Wildman–Crippen MR) is 149 cm³/mol. The molecular formula is C27H35ClN6O3S. The SMILES string of the molecule is CN1CCc2nc(C(=O)N[C@@H]3C[C@@H](C(=O)N(C)C)CC[C@@H]3NC(=O)C3CCc4cc(Cl)ccc4N3)sc2C1. The number of fused-ring (bicyclic) bond motifs is 2. The van der Waals surface area contributed by atoms with Gasteiger partial charge in [-0.05, 0) is 62.9 Å². The van der Waals surface area contributed by atoms with Crippen LogP contribution in [0.5, 0.6) is 0 Å². The van der Waals surface area contributed by atoms with Gasteiger partial charge in [-0.3, -0.25) is 14.4 Å². The summed E-state index contributed by atoms with van der Waals surface area (Å²) in [7, 11) is 5.57. The number of aromatic nitrogens is 1. The average molecular weight is 559 g/mol. The van der Waals surface area contributed by atoms with Gasteiger partial charge >= 0.3 is 0 Å². The highest BCUT2D eigenvalue weighted by atomic mass is 35.5. The summed E-state index contributed by atoms with van der Waals surface area (Å²) in [5.74, 6) is -0.493. The Morgan fingerprint density at radius 3 is 2.74 bits per heavy atom. The van der Waals surface area contributed by atoms with E-state index in [1.165, 1.54) is 11.3 Å². The maximum atomic E-state index is 13.3. The van der Waals surface area contributed by atoms with E-state index in [1.54, 1.807) is 19.0 Å². The van der Waals surface area contributed by atoms with Gasteiger partial charge in [0.05, 0.1) is 11.7 Å². The molecule has 0 spiro atoms.